The molecule has 0 spiro atoms. The number of pyridine rings is 1. The smallest absolute Gasteiger partial charge is 0.153 e. The molecule has 18 heavy (non-hydrogen) atoms. The SMILES string of the molecule is [CH]c1cccc(-c2cc([CH])c(F)c(C#N)c2F)n1. The first-order valence-corrected chi connectivity index (χ1v) is 4.95. The van der Waals surface area contributed by atoms with E-state index in [0.29, 0.717) is 0 Å². The van der Waals surface area contributed by atoms with Gasteiger partial charge in [-0.2, -0.15) is 5.26 Å². The van der Waals surface area contributed by atoms with Gasteiger partial charge in [-0.3, -0.25) is 4.98 Å². The monoisotopic (exact) mass is 240 g/mol. The summed E-state index contributed by atoms with van der Waals surface area (Å²) in [5.41, 5.74) is -0.719. The second-order valence-corrected chi connectivity index (χ2v) is 3.58. The molecule has 0 bridgehead atoms. The van der Waals surface area contributed by atoms with Crippen molar-refractivity contribution < 1.29 is 8.78 Å². The van der Waals surface area contributed by atoms with E-state index < -0.39 is 17.2 Å². The van der Waals surface area contributed by atoms with Crippen LogP contribution in [0.15, 0.2) is 24.3 Å². The molecule has 0 aliphatic heterocycles. The molecule has 1 aromatic heterocycles. The third-order valence-electron chi connectivity index (χ3n) is 2.39. The highest BCUT2D eigenvalue weighted by atomic mass is 19.1. The van der Waals surface area contributed by atoms with Gasteiger partial charge in [0.2, 0.25) is 0 Å². The van der Waals surface area contributed by atoms with E-state index >= 15 is 0 Å². The molecule has 0 amide bonds. The summed E-state index contributed by atoms with van der Waals surface area (Å²) in [6.45, 7) is 10.9. The molecule has 2 aromatic rings. The molecule has 86 valence electrons. The number of halogens is 2. The number of hydrogen-bond acceptors (Lipinski definition) is 2. The van der Waals surface area contributed by atoms with Crippen LogP contribution in [0.4, 0.5) is 8.78 Å². The maximum Gasteiger partial charge on any atom is 0.153 e. The molecule has 4 heteroatoms. The molecular formula is C14H6F2N2. The molecular weight excluding hydrogens is 234 g/mol. The summed E-state index contributed by atoms with van der Waals surface area (Å²) in [4.78, 5) is 3.90. The quantitative estimate of drug-likeness (QED) is 0.768. The number of aromatic nitrogens is 1. The molecule has 0 saturated carbocycles. The molecule has 0 atom stereocenters. The highest BCUT2D eigenvalue weighted by molar-refractivity contribution is 5.65. The Bertz CT molecular complexity index is 658. The summed E-state index contributed by atoms with van der Waals surface area (Å²) in [5.74, 6) is -2.06. The molecule has 1 aromatic carbocycles. The molecule has 0 N–H and O–H groups in total. The fourth-order valence-electron chi connectivity index (χ4n) is 1.54. The summed E-state index contributed by atoms with van der Waals surface area (Å²) in [5, 5.41) is 8.72. The van der Waals surface area contributed by atoms with Crippen LogP contribution in [0.3, 0.4) is 0 Å². The molecule has 1 heterocycles. The Hall–Kier alpha value is -2.28. The minimum atomic E-state index is -1.07. The molecule has 0 saturated heterocycles. The van der Waals surface area contributed by atoms with Crippen molar-refractivity contribution in [1.29, 1.82) is 5.26 Å². The van der Waals surface area contributed by atoms with Gasteiger partial charge in [-0.1, -0.05) is 6.07 Å². The van der Waals surface area contributed by atoms with Crippen molar-refractivity contribution in [2.45, 2.75) is 0 Å². The van der Waals surface area contributed by atoms with E-state index in [1.54, 1.807) is 6.07 Å². The average molecular weight is 240 g/mol. The zero-order valence-electron chi connectivity index (χ0n) is 9.11. The van der Waals surface area contributed by atoms with Crippen molar-refractivity contribution in [1.82, 2.24) is 4.98 Å². The van der Waals surface area contributed by atoms with Crippen LogP contribution in [0.5, 0.6) is 0 Å². The molecule has 0 aliphatic rings. The number of hydrogen-bond donors (Lipinski definition) is 0. The van der Waals surface area contributed by atoms with E-state index in [0.717, 1.165) is 6.07 Å². The fourth-order valence-corrected chi connectivity index (χ4v) is 1.54. The summed E-state index contributed by atoms with van der Waals surface area (Å²) in [6, 6.07) is 7.12. The topological polar surface area (TPSA) is 36.7 Å². The van der Waals surface area contributed by atoms with Crippen LogP contribution < -0.4 is 0 Å². The van der Waals surface area contributed by atoms with Crippen molar-refractivity contribution >= 4 is 0 Å². The van der Waals surface area contributed by atoms with Gasteiger partial charge < -0.3 is 0 Å². The zero-order chi connectivity index (χ0) is 13.3. The number of benzene rings is 1. The molecule has 0 unspecified atom stereocenters. The Morgan fingerprint density at radius 2 is 1.89 bits per heavy atom. The highest BCUT2D eigenvalue weighted by Gasteiger charge is 2.18. The van der Waals surface area contributed by atoms with Crippen molar-refractivity contribution in [3.63, 3.8) is 0 Å². The molecule has 2 rings (SSSR count). The first kappa shape index (κ1) is 12.2. The lowest BCUT2D eigenvalue weighted by Gasteiger charge is -2.07. The van der Waals surface area contributed by atoms with Gasteiger partial charge in [0.25, 0.3) is 0 Å². The second-order valence-electron chi connectivity index (χ2n) is 3.58. The van der Waals surface area contributed by atoms with Gasteiger partial charge in [-0.05, 0) is 23.8 Å². The second kappa shape index (κ2) is 4.53. The van der Waals surface area contributed by atoms with Crippen LogP contribution in [0.2, 0.25) is 0 Å². The van der Waals surface area contributed by atoms with Crippen molar-refractivity contribution in [3.8, 4) is 17.3 Å². The van der Waals surface area contributed by atoms with Crippen molar-refractivity contribution in [3.05, 3.63) is 66.6 Å². The Balaban J connectivity index is 2.74. The summed E-state index contributed by atoms with van der Waals surface area (Å²) >= 11 is 0. The van der Waals surface area contributed by atoms with Crippen LogP contribution >= 0.6 is 0 Å². The van der Waals surface area contributed by atoms with Gasteiger partial charge in [-0.25, -0.2) is 8.78 Å². The van der Waals surface area contributed by atoms with E-state index in [1.165, 1.54) is 18.2 Å². The van der Waals surface area contributed by atoms with E-state index in [4.69, 9.17) is 19.1 Å². The number of nitriles is 1. The first-order chi connectivity index (χ1) is 8.54. The summed E-state index contributed by atoms with van der Waals surface area (Å²) in [6.07, 6.45) is 0. The standard InChI is InChI=1S/C14H6F2N2/c1-8-6-10(12-5-3-4-9(2)18-12)14(16)11(7-17)13(8)15/h1-6H. The van der Waals surface area contributed by atoms with Crippen LogP contribution in [-0.2, 0) is 0 Å². The Kier molecular flexibility index (Phi) is 3.07. The van der Waals surface area contributed by atoms with Gasteiger partial charge in [-0.15, -0.1) is 0 Å². The number of rotatable bonds is 1. The summed E-state index contributed by atoms with van der Waals surface area (Å²) < 4.78 is 27.3. The van der Waals surface area contributed by atoms with E-state index in [2.05, 4.69) is 4.98 Å². The fraction of sp³-hybridized carbons (Fsp3) is 0. The minimum absolute atomic E-state index is 0.0576. The maximum atomic E-state index is 13.9. The predicted octanol–water partition coefficient (Wildman–Crippen LogP) is 3.02. The third kappa shape index (κ3) is 1.95. The molecule has 0 aliphatic carbocycles. The Labute approximate surface area is 104 Å². The highest BCUT2D eigenvalue weighted by Crippen LogP contribution is 2.27. The lowest BCUT2D eigenvalue weighted by molar-refractivity contribution is 0.575. The van der Waals surface area contributed by atoms with E-state index in [1.807, 2.05) is 0 Å². The first-order valence-electron chi connectivity index (χ1n) is 4.95. The third-order valence-corrected chi connectivity index (χ3v) is 2.39. The van der Waals surface area contributed by atoms with Crippen LogP contribution in [0, 0.1) is 36.8 Å². The van der Waals surface area contributed by atoms with E-state index in [-0.39, 0.29) is 22.5 Å². The van der Waals surface area contributed by atoms with Gasteiger partial charge in [0.1, 0.15) is 17.4 Å². The largest absolute Gasteiger partial charge is 0.252 e. The predicted molar refractivity (Wildman–Crippen MR) is 61.1 cm³/mol. The molecule has 4 radical (unpaired) electrons. The van der Waals surface area contributed by atoms with E-state index in [9.17, 15) is 8.78 Å². The van der Waals surface area contributed by atoms with Gasteiger partial charge >= 0.3 is 0 Å². The van der Waals surface area contributed by atoms with Crippen molar-refractivity contribution in [2.75, 3.05) is 0 Å². The Morgan fingerprint density at radius 3 is 2.50 bits per heavy atom. The van der Waals surface area contributed by atoms with Crippen LogP contribution in [0.1, 0.15) is 16.8 Å². The maximum absolute atomic E-state index is 13.9. The lowest BCUT2D eigenvalue weighted by Crippen LogP contribution is -1.99. The molecule has 2 nitrogen and oxygen atoms in total. The van der Waals surface area contributed by atoms with Gasteiger partial charge in [0.05, 0.1) is 5.69 Å². The Morgan fingerprint density at radius 1 is 1.17 bits per heavy atom. The minimum Gasteiger partial charge on any atom is -0.252 e. The zero-order valence-corrected chi connectivity index (χ0v) is 9.11. The number of nitrogens with zero attached hydrogens (tertiary/aromatic N) is 2. The van der Waals surface area contributed by atoms with Crippen LogP contribution in [0.25, 0.3) is 11.3 Å². The van der Waals surface area contributed by atoms with Gasteiger partial charge in [0.15, 0.2) is 5.82 Å². The molecule has 0 fully saturated rings. The lowest BCUT2D eigenvalue weighted by atomic mass is 10.0. The normalized spacial score (nSPS) is 10.2. The average Bonchev–Trinajstić information content (AvgIpc) is 2.34. The summed E-state index contributed by atoms with van der Waals surface area (Å²) in [7, 11) is 0. The van der Waals surface area contributed by atoms with Gasteiger partial charge in [0, 0.05) is 25.1 Å². The van der Waals surface area contributed by atoms with Crippen LogP contribution in [-0.4, -0.2) is 4.98 Å². The van der Waals surface area contributed by atoms with Crippen molar-refractivity contribution in [2.24, 2.45) is 0 Å².